The molecule has 24 heavy (non-hydrogen) atoms. The summed E-state index contributed by atoms with van der Waals surface area (Å²) in [6.07, 6.45) is 2.49. The fourth-order valence-corrected chi connectivity index (χ4v) is 5.40. The largest absolute Gasteiger partial charge is 0.338 e. The number of carbonyl (C=O) groups excluding carboxylic acids is 1. The molecule has 4 heteroatoms. The van der Waals surface area contributed by atoms with Gasteiger partial charge < -0.3 is 10.2 Å². The summed E-state index contributed by atoms with van der Waals surface area (Å²) in [5, 5.41) is 3.41. The average molecular weight is 325 g/mol. The molecule has 1 aromatic rings. The van der Waals surface area contributed by atoms with Crippen LogP contribution in [-0.2, 0) is 11.3 Å². The second-order valence-electron chi connectivity index (χ2n) is 8.28. The van der Waals surface area contributed by atoms with Gasteiger partial charge in [0.05, 0.1) is 0 Å². The molecule has 4 nitrogen and oxygen atoms in total. The maximum Gasteiger partial charge on any atom is 0.226 e. The van der Waals surface area contributed by atoms with Crippen LogP contribution in [0.4, 0.5) is 0 Å². The molecule has 2 bridgehead atoms. The number of hydrogen-bond donors (Lipinski definition) is 1. The van der Waals surface area contributed by atoms with Gasteiger partial charge in [-0.05, 0) is 49.2 Å². The first kappa shape index (κ1) is 14.9. The maximum absolute atomic E-state index is 13.1. The van der Waals surface area contributed by atoms with Crippen LogP contribution in [0.25, 0.3) is 0 Å². The molecule has 0 spiro atoms. The van der Waals surface area contributed by atoms with E-state index >= 15 is 0 Å². The summed E-state index contributed by atoms with van der Waals surface area (Å²) < 4.78 is 0. The summed E-state index contributed by atoms with van der Waals surface area (Å²) >= 11 is 0. The minimum absolute atomic E-state index is 0.341. The molecule has 1 N–H and O–H groups in total. The van der Waals surface area contributed by atoms with Gasteiger partial charge >= 0.3 is 0 Å². The molecule has 1 amide bonds. The predicted octanol–water partition coefficient (Wildman–Crippen LogP) is 1.57. The molecule has 1 saturated carbocycles. The van der Waals surface area contributed by atoms with Gasteiger partial charge in [0, 0.05) is 38.1 Å². The molecule has 4 aliphatic heterocycles. The lowest BCUT2D eigenvalue weighted by molar-refractivity contribution is -0.137. The van der Waals surface area contributed by atoms with Crippen molar-refractivity contribution in [3.05, 3.63) is 35.9 Å². The first-order valence-corrected chi connectivity index (χ1v) is 9.57. The number of benzene rings is 1. The van der Waals surface area contributed by atoms with E-state index in [2.05, 4.69) is 45.4 Å². The van der Waals surface area contributed by atoms with Crippen LogP contribution in [0.3, 0.4) is 0 Å². The predicted molar refractivity (Wildman–Crippen MR) is 93.3 cm³/mol. The monoisotopic (exact) mass is 325 g/mol. The SMILES string of the molecule is O=C(C1[C@H]2CNC[C@@H]12)N1C[C@H]2CC[C@@H]1CN(Cc1ccccc1)C2. The van der Waals surface area contributed by atoms with E-state index in [9.17, 15) is 4.79 Å². The molecule has 4 heterocycles. The molecule has 128 valence electrons. The third-order valence-electron chi connectivity index (χ3n) is 6.70. The molecule has 1 unspecified atom stereocenters. The Labute approximate surface area is 144 Å². The second-order valence-corrected chi connectivity index (χ2v) is 8.28. The first-order valence-electron chi connectivity index (χ1n) is 9.57. The highest BCUT2D eigenvalue weighted by Crippen LogP contribution is 2.50. The number of fused-ring (bicyclic) bond motifs is 5. The van der Waals surface area contributed by atoms with Crippen LogP contribution in [0, 0.1) is 23.7 Å². The Kier molecular flexibility index (Phi) is 3.64. The van der Waals surface area contributed by atoms with Gasteiger partial charge in [0.2, 0.25) is 5.91 Å². The van der Waals surface area contributed by atoms with Gasteiger partial charge in [-0.1, -0.05) is 30.3 Å². The van der Waals surface area contributed by atoms with E-state index in [-0.39, 0.29) is 0 Å². The van der Waals surface area contributed by atoms with E-state index in [0.29, 0.717) is 35.6 Å². The third-order valence-corrected chi connectivity index (χ3v) is 6.70. The van der Waals surface area contributed by atoms with Crippen molar-refractivity contribution in [3.8, 4) is 0 Å². The van der Waals surface area contributed by atoms with Crippen molar-refractivity contribution in [2.75, 3.05) is 32.7 Å². The first-order chi connectivity index (χ1) is 11.8. The summed E-state index contributed by atoms with van der Waals surface area (Å²) in [5.74, 6) is 2.75. The highest BCUT2D eigenvalue weighted by molar-refractivity contribution is 5.83. The van der Waals surface area contributed by atoms with E-state index in [1.54, 1.807) is 0 Å². The molecule has 4 saturated heterocycles. The number of hydrogen-bond acceptors (Lipinski definition) is 3. The number of rotatable bonds is 3. The van der Waals surface area contributed by atoms with E-state index in [1.165, 1.54) is 18.4 Å². The topological polar surface area (TPSA) is 35.6 Å². The normalized spacial score (nSPS) is 38.0. The van der Waals surface area contributed by atoms with E-state index < -0.39 is 0 Å². The van der Waals surface area contributed by atoms with Gasteiger partial charge in [-0.25, -0.2) is 0 Å². The zero-order valence-electron chi connectivity index (χ0n) is 14.2. The Bertz CT molecular complexity index is 609. The molecule has 1 aliphatic carbocycles. The highest BCUT2D eigenvalue weighted by atomic mass is 16.2. The van der Waals surface area contributed by atoms with Crippen LogP contribution < -0.4 is 5.32 Å². The molecule has 1 aromatic carbocycles. The van der Waals surface area contributed by atoms with Crippen molar-refractivity contribution >= 4 is 5.91 Å². The number of nitrogens with zero attached hydrogens (tertiary/aromatic N) is 2. The smallest absolute Gasteiger partial charge is 0.226 e. The van der Waals surface area contributed by atoms with Crippen molar-refractivity contribution in [2.24, 2.45) is 23.7 Å². The molecule has 0 aromatic heterocycles. The van der Waals surface area contributed by atoms with Gasteiger partial charge in [-0.15, -0.1) is 0 Å². The minimum Gasteiger partial charge on any atom is -0.338 e. The van der Waals surface area contributed by atoms with Crippen LogP contribution in [0.2, 0.25) is 0 Å². The molecule has 0 radical (unpaired) electrons. The Morgan fingerprint density at radius 1 is 1.04 bits per heavy atom. The van der Waals surface area contributed by atoms with Crippen molar-refractivity contribution in [1.29, 1.82) is 0 Å². The highest BCUT2D eigenvalue weighted by Gasteiger charge is 2.58. The van der Waals surface area contributed by atoms with Gasteiger partial charge in [0.1, 0.15) is 0 Å². The van der Waals surface area contributed by atoms with Crippen LogP contribution in [0.5, 0.6) is 0 Å². The zero-order valence-corrected chi connectivity index (χ0v) is 14.2. The number of nitrogens with one attached hydrogen (secondary N) is 1. The summed E-state index contributed by atoms with van der Waals surface area (Å²) in [6, 6.07) is 11.2. The number of amides is 1. The van der Waals surface area contributed by atoms with Crippen molar-refractivity contribution in [2.45, 2.75) is 25.4 Å². The van der Waals surface area contributed by atoms with Gasteiger partial charge in [-0.3, -0.25) is 9.69 Å². The van der Waals surface area contributed by atoms with Crippen molar-refractivity contribution in [1.82, 2.24) is 15.1 Å². The quantitative estimate of drug-likeness (QED) is 0.916. The van der Waals surface area contributed by atoms with Crippen molar-refractivity contribution < 1.29 is 4.79 Å². The third kappa shape index (κ3) is 2.56. The summed E-state index contributed by atoms with van der Waals surface area (Å²) in [5.41, 5.74) is 1.39. The lowest BCUT2D eigenvalue weighted by atomic mass is 9.94. The molecule has 6 rings (SSSR count). The number of carbonyl (C=O) groups is 1. The maximum atomic E-state index is 13.1. The van der Waals surface area contributed by atoms with Gasteiger partial charge in [-0.2, -0.15) is 0 Å². The minimum atomic E-state index is 0.341. The summed E-state index contributed by atoms with van der Waals surface area (Å²) in [7, 11) is 0. The molecule has 5 fully saturated rings. The Morgan fingerprint density at radius 3 is 2.62 bits per heavy atom. The standard InChI is InChI=1S/C20H27N3O/c24-20(19-17-8-21-9-18(17)19)23-12-15-6-7-16(23)13-22(11-15)10-14-4-2-1-3-5-14/h1-5,15-19,21H,6-13H2/t15-,16+,17-,18+,19?/m0/s1. The summed E-state index contributed by atoms with van der Waals surface area (Å²) in [6.45, 7) is 6.34. The van der Waals surface area contributed by atoms with E-state index in [1.807, 2.05) is 0 Å². The summed E-state index contributed by atoms with van der Waals surface area (Å²) in [4.78, 5) is 17.9. The van der Waals surface area contributed by atoms with E-state index in [4.69, 9.17) is 0 Å². The molecular weight excluding hydrogens is 298 g/mol. The van der Waals surface area contributed by atoms with Crippen LogP contribution in [-0.4, -0.2) is 54.5 Å². The van der Waals surface area contributed by atoms with Crippen LogP contribution >= 0.6 is 0 Å². The molecule has 5 aliphatic rings. The van der Waals surface area contributed by atoms with E-state index in [0.717, 1.165) is 39.3 Å². The zero-order chi connectivity index (χ0) is 16.1. The molecular formula is C20H27N3O. The van der Waals surface area contributed by atoms with Gasteiger partial charge in [0.25, 0.3) is 0 Å². The lowest BCUT2D eigenvalue weighted by Gasteiger charge is -2.36. The van der Waals surface area contributed by atoms with Gasteiger partial charge in [0.15, 0.2) is 0 Å². The fraction of sp³-hybridized carbons (Fsp3) is 0.650. The Balaban J connectivity index is 1.28. The average Bonchev–Trinajstić information content (AvgIpc) is 3.21. The second kappa shape index (κ2) is 5.85. The van der Waals surface area contributed by atoms with Crippen molar-refractivity contribution in [3.63, 3.8) is 0 Å². The Hall–Kier alpha value is -1.39. The molecule has 5 atom stereocenters. The van der Waals surface area contributed by atoms with Crippen LogP contribution in [0.1, 0.15) is 18.4 Å². The number of piperidine rings is 2. The Morgan fingerprint density at radius 2 is 1.83 bits per heavy atom. The van der Waals surface area contributed by atoms with Crippen LogP contribution in [0.15, 0.2) is 30.3 Å². The fourth-order valence-electron chi connectivity index (χ4n) is 5.40. The lowest BCUT2D eigenvalue weighted by Crippen LogP contribution is -2.48.